The fourth-order valence-electron chi connectivity index (χ4n) is 2.79. The van der Waals surface area contributed by atoms with Crippen LogP contribution in [-0.2, 0) is 5.41 Å². The highest BCUT2D eigenvalue weighted by Crippen LogP contribution is 2.43. The maximum Gasteiger partial charge on any atom is 0.0107 e. The number of hydrogen-bond donors (Lipinski definition) is 1. The van der Waals surface area contributed by atoms with Crippen LogP contribution >= 0.6 is 11.3 Å². The number of rotatable bonds is 4. The van der Waals surface area contributed by atoms with Crippen LogP contribution in [0, 0.1) is 0 Å². The molecule has 0 unspecified atom stereocenters. The molecule has 15 heavy (non-hydrogen) atoms. The predicted molar refractivity (Wildman–Crippen MR) is 67.6 cm³/mol. The molecule has 2 heteroatoms. The Morgan fingerprint density at radius 1 is 1.33 bits per heavy atom. The molecule has 0 radical (unpaired) electrons. The first-order valence-electron chi connectivity index (χ1n) is 6.06. The van der Waals surface area contributed by atoms with E-state index in [0.29, 0.717) is 5.41 Å². The highest BCUT2D eigenvalue weighted by molar-refractivity contribution is 7.10. The molecule has 1 N–H and O–H groups in total. The summed E-state index contributed by atoms with van der Waals surface area (Å²) in [4.78, 5) is 1.62. The van der Waals surface area contributed by atoms with Crippen molar-refractivity contribution in [2.75, 3.05) is 13.6 Å². The minimum absolute atomic E-state index is 0.509. The van der Waals surface area contributed by atoms with Gasteiger partial charge in [0.25, 0.3) is 0 Å². The molecule has 1 heterocycles. The number of nitrogens with one attached hydrogen (secondary N) is 1. The molecular formula is C13H21NS. The van der Waals surface area contributed by atoms with Gasteiger partial charge in [-0.15, -0.1) is 11.3 Å². The third-order valence-corrected chi connectivity index (χ3v) is 4.82. The van der Waals surface area contributed by atoms with Crippen LogP contribution in [0.1, 0.15) is 43.4 Å². The van der Waals surface area contributed by atoms with E-state index in [4.69, 9.17) is 0 Å². The zero-order valence-electron chi connectivity index (χ0n) is 9.59. The first kappa shape index (κ1) is 11.2. The van der Waals surface area contributed by atoms with Crippen molar-refractivity contribution in [3.8, 4) is 0 Å². The molecular weight excluding hydrogens is 202 g/mol. The van der Waals surface area contributed by atoms with Gasteiger partial charge in [0.05, 0.1) is 0 Å². The Labute approximate surface area is 96.9 Å². The van der Waals surface area contributed by atoms with Crippen molar-refractivity contribution >= 4 is 11.3 Å². The highest BCUT2D eigenvalue weighted by Gasteiger charge is 2.33. The topological polar surface area (TPSA) is 12.0 Å². The summed E-state index contributed by atoms with van der Waals surface area (Å²) in [6.07, 6.45) is 8.38. The molecule has 2 rings (SSSR count). The second-order valence-corrected chi connectivity index (χ2v) is 5.62. The molecule has 0 amide bonds. The molecule has 0 spiro atoms. The van der Waals surface area contributed by atoms with E-state index in [2.05, 4.69) is 29.9 Å². The van der Waals surface area contributed by atoms with Crippen LogP contribution < -0.4 is 5.32 Å². The molecule has 0 atom stereocenters. The summed E-state index contributed by atoms with van der Waals surface area (Å²) in [5, 5.41) is 5.53. The second-order valence-electron chi connectivity index (χ2n) is 4.67. The second kappa shape index (κ2) is 5.13. The molecule has 0 bridgehead atoms. The van der Waals surface area contributed by atoms with Gasteiger partial charge in [0.2, 0.25) is 0 Å². The van der Waals surface area contributed by atoms with Gasteiger partial charge in [-0.05, 0) is 44.3 Å². The lowest BCUT2D eigenvalue weighted by atomic mass is 9.71. The van der Waals surface area contributed by atoms with Gasteiger partial charge < -0.3 is 5.32 Å². The third kappa shape index (κ3) is 2.43. The molecule has 0 aliphatic heterocycles. The van der Waals surface area contributed by atoms with Gasteiger partial charge in [-0.1, -0.05) is 25.3 Å². The van der Waals surface area contributed by atoms with Crippen molar-refractivity contribution in [1.82, 2.24) is 5.32 Å². The van der Waals surface area contributed by atoms with E-state index in [1.165, 1.54) is 38.5 Å². The lowest BCUT2D eigenvalue weighted by molar-refractivity contribution is 0.278. The SMILES string of the molecule is CNCCC1(c2cccs2)CCCCC1. The molecule has 1 fully saturated rings. The van der Waals surface area contributed by atoms with Crippen LogP contribution in [0.15, 0.2) is 17.5 Å². The van der Waals surface area contributed by atoms with E-state index in [0.717, 1.165) is 6.54 Å². The molecule has 0 aromatic carbocycles. The van der Waals surface area contributed by atoms with Crippen molar-refractivity contribution in [3.63, 3.8) is 0 Å². The van der Waals surface area contributed by atoms with E-state index in [1.54, 1.807) is 4.88 Å². The van der Waals surface area contributed by atoms with E-state index < -0.39 is 0 Å². The van der Waals surface area contributed by atoms with Crippen LogP contribution in [0.4, 0.5) is 0 Å². The predicted octanol–water partition coefficient (Wildman–Crippen LogP) is 3.56. The van der Waals surface area contributed by atoms with Gasteiger partial charge in [-0.25, -0.2) is 0 Å². The largest absolute Gasteiger partial charge is 0.320 e. The molecule has 1 aliphatic rings. The zero-order valence-corrected chi connectivity index (χ0v) is 10.4. The van der Waals surface area contributed by atoms with Crippen molar-refractivity contribution in [1.29, 1.82) is 0 Å². The number of hydrogen-bond acceptors (Lipinski definition) is 2. The average Bonchev–Trinajstić information content (AvgIpc) is 2.82. The maximum absolute atomic E-state index is 3.31. The highest BCUT2D eigenvalue weighted by atomic mass is 32.1. The van der Waals surface area contributed by atoms with Gasteiger partial charge in [0.15, 0.2) is 0 Å². The van der Waals surface area contributed by atoms with Gasteiger partial charge in [-0.2, -0.15) is 0 Å². The summed E-state index contributed by atoms with van der Waals surface area (Å²) in [5.41, 5.74) is 0.509. The van der Waals surface area contributed by atoms with Crippen molar-refractivity contribution in [3.05, 3.63) is 22.4 Å². The van der Waals surface area contributed by atoms with E-state index in [-0.39, 0.29) is 0 Å². The minimum Gasteiger partial charge on any atom is -0.320 e. The van der Waals surface area contributed by atoms with Gasteiger partial charge in [0.1, 0.15) is 0 Å². The smallest absolute Gasteiger partial charge is 0.0107 e. The van der Waals surface area contributed by atoms with E-state index in [1.807, 2.05) is 11.3 Å². The summed E-state index contributed by atoms with van der Waals surface area (Å²) in [5.74, 6) is 0. The zero-order chi connectivity index (χ0) is 10.6. The normalized spacial score (nSPS) is 20.3. The molecule has 0 saturated heterocycles. The van der Waals surface area contributed by atoms with Gasteiger partial charge in [0, 0.05) is 10.3 Å². The first-order valence-corrected chi connectivity index (χ1v) is 6.94. The van der Waals surface area contributed by atoms with E-state index >= 15 is 0 Å². The molecule has 1 aromatic heterocycles. The Balaban J connectivity index is 2.14. The molecule has 1 saturated carbocycles. The van der Waals surface area contributed by atoms with Crippen LogP contribution in [0.5, 0.6) is 0 Å². The van der Waals surface area contributed by atoms with Crippen LogP contribution in [0.25, 0.3) is 0 Å². The lowest BCUT2D eigenvalue weighted by Gasteiger charge is -2.36. The van der Waals surface area contributed by atoms with Crippen LogP contribution in [-0.4, -0.2) is 13.6 Å². The fourth-order valence-corrected chi connectivity index (χ4v) is 3.81. The van der Waals surface area contributed by atoms with Crippen molar-refractivity contribution < 1.29 is 0 Å². The van der Waals surface area contributed by atoms with Crippen LogP contribution in [0.2, 0.25) is 0 Å². The molecule has 1 nitrogen and oxygen atoms in total. The van der Waals surface area contributed by atoms with Gasteiger partial charge in [-0.3, -0.25) is 0 Å². The Bertz CT molecular complexity index is 273. The van der Waals surface area contributed by atoms with Crippen molar-refractivity contribution in [2.24, 2.45) is 0 Å². The first-order chi connectivity index (χ1) is 7.37. The Morgan fingerprint density at radius 2 is 2.13 bits per heavy atom. The Morgan fingerprint density at radius 3 is 2.73 bits per heavy atom. The van der Waals surface area contributed by atoms with Gasteiger partial charge >= 0.3 is 0 Å². The minimum atomic E-state index is 0.509. The van der Waals surface area contributed by atoms with Crippen LogP contribution in [0.3, 0.4) is 0 Å². The fraction of sp³-hybridized carbons (Fsp3) is 0.692. The standard InChI is InChI=1S/C13H21NS/c1-14-10-9-13(7-3-2-4-8-13)12-6-5-11-15-12/h5-6,11,14H,2-4,7-10H2,1H3. The summed E-state index contributed by atoms with van der Waals surface area (Å²) in [7, 11) is 2.06. The third-order valence-electron chi connectivity index (χ3n) is 3.71. The molecule has 84 valence electrons. The summed E-state index contributed by atoms with van der Waals surface area (Å²) >= 11 is 1.95. The molecule has 1 aliphatic carbocycles. The average molecular weight is 223 g/mol. The maximum atomic E-state index is 3.31. The molecule has 1 aromatic rings. The van der Waals surface area contributed by atoms with Crippen molar-refractivity contribution in [2.45, 2.75) is 43.9 Å². The Kier molecular flexibility index (Phi) is 3.81. The summed E-state index contributed by atoms with van der Waals surface area (Å²) < 4.78 is 0. The monoisotopic (exact) mass is 223 g/mol. The summed E-state index contributed by atoms with van der Waals surface area (Å²) in [6.45, 7) is 1.15. The van der Waals surface area contributed by atoms with E-state index in [9.17, 15) is 0 Å². The summed E-state index contributed by atoms with van der Waals surface area (Å²) in [6, 6.07) is 4.54. The quantitative estimate of drug-likeness (QED) is 0.823. The number of thiophene rings is 1. The Hall–Kier alpha value is -0.340. The lowest BCUT2D eigenvalue weighted by Crippen LogP contribution is -2.31.